The summed E-state index contributed by atoms with van der Waals surface area (Å²) in [5.74, 6) is -1.05. The summed E-state index contributed by atoms with van der Waals surface area (Å²) in [6.45, 7) is -1.83. The summed E-state index contributed by atoms with van der Waals surface area (Å²) in [6.07, 6.45) is -4.55. The number of aliphatic hydroxyl groups excluding tert-OH is 1. The van der Waals surface area contributed by atoms with Gasteiger partial charge in [-0.2, -0.15) is 13.2 Å². The number of nitrogens with zero attached hydrogens (tertiary/aromatic N) is 1. The van der Waals surface area contributed by atoms with E-state index in [4.69, 9.17) is 5.11 Å². The first-order valence-electron chi connectivity index (χ1n) is 5.85. The molecule has 0 radical (unpaired) electrons. The van der Waals surface area contributed by atoms with Crippen molar-refractivity contribution < 1.29 is 32.2 Å². The maximum absolute atomic E-state index is 13.1. The Kier molecular flexibility index (Phi) is 5.77. The molecule has 0 aliphatic heterocycles. The van der Waals surface area contributed by atoms with Crippen LogP contribution in [0.2, 0.25) is 0 Å². The van der Waals surface area contributed by atoms with E-state index >= 15 is 0 Å². The lowest BCUT2D eigenvalue weighted by Crippen LogP contribution is -2.33. The number of nitrogens with one attached hydrogen (secondary N) is 1. The minimum absolute atomic E-state index is 0.0138. The summed E-state index contributed by atoms with van der Waals surface area (Å²) in [6, 6.07) is 2.03. The van der Waals surface area contributed by atoms with Crippen molar-refractivity contribution >= 4 is 11.7 Å². The fourth-order valence-corrected chi connectivity index (χ4v) is 1.35. The molecule has 0 bridgehead atoms. The van der Waals surface area contributed by atoms with Crippen LogP contribution in [0.25, 0.3) is 0 Å². The number of hydrogen-bond acceptors (Lipinski definition) is 3. The third-order valence-electron chi connectivity index (χ3n) is 2.36. The number of likely N-dealkylation sites (N-methyl/N-ethyl adjacent to an activating group) is 1. The minimum Gasteiger partial charge on any atom is -0.482 e. The summed E-state index contributed by atoms with van der Waals surface area (Å²) in [5.41, 5.74) is -0.228. The van der Waals surface area contributed by atoms with Crippen molar-refractivity contribution in [2.75, 3.05) is 32.1 Å². The Morgan fingerprint density at radius 3 is 2.67 bits per heavy atom. The average Bonchev–Trinajstić information content (AvgIpc) is 2.37. The van der Waals surface area contributed by atoms with E-state index in [-0.39, 0.29) is 24.6 Å². The van der Waals surface area contributed by atoms with Gasteiger partial charge in [-0.3, -0.25) is 0 Å². The van der Waals surface area contributed by atoms with Crippen LogP contribution < -0.4 is 10.1 Å². The van der Waals surface area contributed by atoms with E-state index in [9.17, 15) is 22.4 Å². The first-order valence-corrected chi connectivity index (χ1v) is 5.85. The van der Waals surface area contributed by atoms with Gasteiger partial charge in [-0.25, -0.2) is 9.18 Å². The van der Waals surface area contributed by atoms with E-state index in [0.29, 0.717) is 0 Å². The van der Waals surface area contributed by atoms with E-state index < -0.39 is 24.6 Å². The molecule has 0 unspecified atom stereocenters. The van der Waals surface area contributed by atoms with E-state index in [1.807, 2.05) is 0 Å². The van der Waals surface area contributed by atoms with Crippen LogP contribution in [-0.4, -0.2) is 49.0 Å². The summed E-state index contributed by atoms with van der Waals surface area (Å²) >= 11 is 0. The second kappa shape index (κ2) is 7.11. The smallest absolute Gasteiger partial charge is 0.422 e. The molecule has 0 aliphatic carbocycles. The summed E-state index contributed by atoms with van der Waals surface area (Å²) in [7, 11) is 1.36. The van der Waals surface area contributed by atoms with E-state index in [1.165, 1.54) is 7.05 Å². The van der Waals surface area contributed by atoms with Crippen LogP contribution in [0, 0.1) is 5.82 Å². The fraction of sp³-hybridized carbons (Fsp3) is 0.417. The molecular formula is C12H14F4N2O3. The molecule has 0 fully saturated rings. The van der Waals surface area contributed by atoms with Gasteiger partial charge >= 0.3 is 12.2 Å². The zero-order valence-electron chi connectivity index (χ0n) is 11.1. The molecular weight excluding hydrogens is 296 g/mol. The lowest BCUT2D eigenvalue weighted by molar-refractivity contribution is -0.153. The molecule has 1 rings (SSSR count). The topological polar surface area (TPSA) is 61.8 Å². The van der Waals surface area contributed by atoms with Crippen LogP contribution in [0.3, 0.4) is 0 Å². The van der Waals surface area contributed by atoms with Crippen LogP contribution in [0.5, 0.6) is 5.75 Å². The van der Waals surface area contributed by atoms with Gasteiger partial charge in [0.2, 0.25) is 0 Å². The van der Waals surface area contributed by atoms with Crippen molar-refractivity contribution in [3.63, 3.8) is 0 Å². The number of urea groups is 1. The van der Waals surface area contributed by atoms with Crippen LogP contribution in [-0.2, 0) is 0 Å². The summed E-state index contributed by atoms with van der Waals surface area (Å²) in [4.78, 5) is 12.8. The maximum atomic E-state index is 13.1. The molecule has 5 nitrogen and oxygen atoms in total. The molecule has 2 amide bonds. The van der Waals surface area contributed by atoms with Gasteiger partial charge in [-0.1, -0.05) is 0 Å². The van der Waals surface area contributed by atoms with Gasteiger partial charge in [-0.15, -0.1) is 0 Å². The lowest BCUT2D eigenvalue weighted by Gasteiger charge is -2.18. The Labute approximate surface area is 118 Å². The van der Waals surface area contributed by atoms with Gasteiger partial charge in [0, 0.05) is 19.7 Å². The fourth-order valence-electron chi connectivity index (χ4n) is 1.35. The molecule has 0 saturated carbocycles. The highest BCUT2D eigenvalue weighted by atomic mass is 19.4. The van der Waals surface area contributed by atoms with Crippen molar-refractivity contribution in [1.82, 2.24) is 4.90 Å². The second-order valence-corrected chi connectivity index (χ2v) is 4.12. The highest BCUT2D eigenvalue weighted by Crippen LogP contribution is 2.27. The molecule has 0 atom stereocenters. The molecule has 0 spiro atoms. The van der Waals surface area contributed by atoms with Crippen LogP contribution >= 0.6 is 0 Å². The predicted molar refractivity (Wildman–Crippen MR) is 66.7 cm³/mol. The van der Waals surface area contributed by atoms with Crippen molar-refractivity contribution in [1.29, 1.82) is 0 Å². The van der Waals surface area contributed by atoms with Crippen molar-refractivity contribution in [3.8, 4) is 5.75 Å². The standard InChI is InChI=1S/C12H14F4N2O3/c1-18(4-5-19)11(20)17-9-6-8(13)2-3-10(9)21-7-12(14,15)16/h2-3,6,19H,4-5,7H2,1H3,(H,17,20). The Morgan fingerprint density at radius 2 is 2.10 bits per heavy atom. The molecule has 1 aromatic carbocycles. The van der Waals surface area contributed by atoms with Crippen molar-refractivity contribution in [2.45, 2.75) is 6.18 Å². The largest absolute Gasteiger partial charge is 0.482 e. The Bertz CT molecular complexity index is 494. The number of halogens is 4. The lowest BCUT2D eigenvalue weighted by atomic mass is 10.3. The predicted octanol–water partition coefficient (Wildman–Crippen LogP) is 2.22. The van der Waals surface area contributed by atoms with Gasteiger partial charge in [0.1, 0.15) is 11.6 Å². The van der Waals surface area contributed by atoms with Gasteiger partial charge < -0.3 is 20.1 Å². The number of benzene rings is 1. The van der Waals surface area contributed by atoms with Crippen LogP contribution in [0.1, 0.15) is 0 Å². The first-order chi connectivity index (χ1) is 9.73. The van der Waals surface area contributed by atoms with E-state index in [2.05, 4.69) is 10.1 Å². The van der Waals surface area contributed by atoms with Gasteiger partial charge in [-0.05, 0) is 12.1 Å². The number of carbonyl (C=O) groups is 1. The van der Waals surface area contributed by atoms with Gasteiger partial charge in [0.25, 0.3) is 0 Å². The Balaban J connectivity index is 2.84. The molecule has 1 aromatic rings. The van der Waals surface area contributed by atoms with Crippen LogP contribution in [0.15, 0.2) is 18.2 Å². The molecule has 9 heteroatoms. The first kappa shape index (κ1) is 17.0. The SMILES string of the molecule is CN(CCO)C(=O)Nc1cc(F)ccc1OCC(F)(F)F. The average molecular weight is 310 g/mol. The molecule has 2 N–H and O–H groups in total. The molecule has 0 heterocycles. The van der Waals surface area contributed by atoms with Crippen LogP contribution in [0.4, 0.5) is 28.0 Å². The van der Waals surface area contributed by atoms with Gasteiger partial charge in [0.05, 0.1) is 12.3 Å². The highest BCUT2D eigenvalue weighted by Gasteiger charge is 2.29. The highest BCUT2D eigenvalue weighted by molar-refractivity contribution is 5.90. The number of hydrogen-bond donors (Lipinski definition) is 2. The normalized spacial score (nSPS) is 11.1. The van der Waals surface area contributed by atoms with E-state index in [1.54, 1.807) is 0 Å². The quantitative estimate of drug-likeness (QED) is 0.820. The van der Waals surface area contributed by atoms with E-state index in [0.717, 1.165) is 23.1 Å². The summed E-state index contributed by atoms with van der Waals surface area (Å²) in [5, 5.41) is 10.9. The third-order valence-corrected chi connectivity index (χ3v) is 2.36. The number of amides is 2. The second-order valence-electron chi connectivity index (χ2n) is 4.12. The Morgan fingerprint density at radius 1 is 1.43 bits per heavy atom. The monoisotopic (exact) mass is 310 g/mol. The molecule has 118 valence electrons. The van der Waals surface area contributed by atoms with Crippen molar-refractivity contribution in [2.24, 2.45) is 0 Å². The molecule has 0 aromatic heterocycles. The van der Waals surface area contributed by atoms with Gasteiger partial charge in [0.15, 0.2) is 6.61 Å². The third kappa shape index (κ3) is 5.86. The Hall–Kier alpha value is -2.03. The molecule has 0 aliphatic rings. The molecule has 21 heavy (non-hydrogen) atoms. The summed E-state index contributed by atoms with van der Waals surface area (Å²) < 4.78 is 54.0. The number of rotatable bonds is 5. The zero-order chi connectivity index (χ0) is 16.0. The molecule has 0 saturated heterocycles. The van der Waals surface area contributed by atoms with Crippen molar-refractivity contribution in [3.05, 3.63) is 24.0 Å². The number of anilines is 1. The minimum atomic E-state index is -4.55. The number of ether oxygens (including phenoxy) is 1. The maximum Gasteiger partial charge on any atom is 0.422 e. The number of alkyl halides is 3. The number of aliphatic hydroxyl groups is 1. The number of carbonyl (C=O) groups excluding carboxylic acids is 1. The zero-order valence-corrected chi connectivity index (χ0v) is 11.1.